The maximum absolute atomic E-state index is 11.5. The molecule has 0 atom stereocenters. The minimum atomic E-state index is 0.00477. The van der Waals surface area contributed by atoms with Gasteiger partial charge in [-0.15, -0.1) is 0 Å². The van der Waals surface area contributed by atoms with Crippen molar-refractivity contribution in [1.29, 1.82) is 0 Å². The Kier molecular flexibility index (Phi) is 2.14. The van der Waals surface area contributed by atoms with E-state index in [1.807, 2.05) is 0 Å². The summed E-state index contributed by atoms with van der Waals surface area (Å²) in [7, 11) is 0. The fraction of sp³-hybridized carbons (Fsp3) is 0.556. The molecule has 0 unspecified atom stereocenters. The first kappa shape index (κ1) is 8.44. The smallest absolute Gasteiger partial charge is 0.254 e. The van der Waals surface area contributed by atoms with Gasteiger partial charge >= 0.3 is 0 Å². The van der Waals surface area contributed by atoms with Gasteiger partial charge in [-0.25, -0.2) is 4.98 Å². The standard InChI is InChI=1S/C9H13N3O/c10-5-8-11-7-4-2-1-3-6(7)9(13)12-8/h1-5,10H2,(H,11,12,13). The van der Waals surface area contributed by atoms with Crippen molar-refractivity contribution in [2.24, 2.45) is 5.73 Å². The van der Waals surface area contributed by atoms with E-state index in [2.05, 4.69) is 9.97 Å². The quantitative estimate of drug-likeness (QED) is 0.642. The van der Waals surface area contributed by atoms with E-state index in [0.29, 0.717) is 12.4 Å². The van der Waals surface area contributed by atoms with Crippen molar-refractivity contribution >= 4 is 0 Å². The third-order valence-electron chi connectivity index (χ3n) is 2.43. The third-order valence-corrected chi connectivity index (χ3v) is 2.43. The monoisotopic (exact) mass is 179 g/mol. The second-order valence-electron chi connectivity index (χ2n) is 3.35. The molecule has 0 aliphatic heterocycles. The van der Waals surface area contributed by atoms with Crippen molar-refractivity contribution < 1.29 is 0 Å². The number of nitrogens with zero attached hydrogens (tertiary/aromatic N) is 1. The van der Waals surface area contributed by atoms with Gasteiger partial charge in [0.05, 0.1) is 12.2 Å². The second-order valence-corrected chi connectivity index (χ2v) is 3.35. The lowest BCUT2D eigenvalue weighted by Crippen LogP contribution is -2.23. The molecule has 0 bridgehead atoms. The van der Waals surface area contributed by atoms with E-state index in [9.17, 15) is 4.79 Å². The Hall–Kier alpha value is -1.16. The molecule has 4 heteroatoms. The van der Waals surface area contributed by atoms with Crippen LogP contribution in [0.25, 0.3) is 0 Å². The molecule has 0 amide bonds. The number of nitrogens with two attached hydrogens (primary N) is 1. The largest absolute Gasteiger partial charge is 0.324 e. The molecule has 13 heavy (non-hydrogen) atoms. The van der Waals surface area contributed by atoms with Gasteiger partial charge in [0.25, 0.3) is 5.56 Å². The maximum atomic E-state index is 11.5. The van der Waals surface area contributed by atoms with E-state index in [1.54, 1.807) is 0 Å². The van der Waals surface area contributed by atoms with Crippen LogP contribution in [0.2, 0.25) is 0 Å². The van der Waals surface area contributed by atoms with Crippen LogP contribution in [0.1, 0.15) is 29.9 Å². The van der Waals surface area contributed by atoms with Crippen molar-refractivity contribution in [2.75, 3.05) is 0 Å². The van der Waals surface area contributed by atoms with Gasteiger partial charge in [-0.3, -0.25) is 4.79 Å². The van der Waals surface area contributed by atoms with Gasteiger partial charge in [-0.2, -0.15) is 0 Å². The van der Waals surface area contributed by atoms with Crippen LogP contribution in [0.5, 0.6) is 0 Å². The van der Waals surface area contributed by atoms with Crippen molar-refractivity contribution in [3.05, 3.63) is 27.4 Å². The average Bonchev–Trinajstić information content (AvgIpc) is 2.18. The van der Waals surface area contributed by atoms with E-state index in [-0.39, 0.29) is 5.56 Å². The van der Waals surface area contributed by atoms with Gasteiger partial charge in [-0.05, 0) is 25.7 Å². The molecule has 2 rings (SSSR count). The molecule has 0 radical (unpaired) electrons. The Labute approximate surface area is 76.2 Å². The number of rotatable bonds is 1. The van der Waals surface area contributed by atoms with E-state index >= 15 is 0 Å². The van der Waals surface area contributed by atoms with E-state index in [1.165, 1.54) is 0 Å². The molecular formula is C9H13N3O. The number of nitrogens with one attached hydrogen (secondary N) is 1. The van der Waals surface area contributed by atoms with Crippen LogP contribution in [0, 0.1) is 0 Å². The van der Waals surface area contributed by atoms with E-state index in [0.717, 1.165) is 36.9 Å². The number of fused-ring (bicyclic) bond motifs is 1. The first-order valence-corrected chi connectivity index (χ1v) is 4.62. The molecule has 1 aliphatic carbocycles. The topological polar surface area (TPSA) is 71.8 Å². The molecule has 0 aromatic carbocycles. The zero-order valence-electron chi connectivity index (χ0n) is 7.47. The average molecular weight is 179 g/mol. The minimum Gasteiger partial charge on any atom is -0.324 e. The minimum absolute atomic E-state index is 0.00477. The molecule has 70 valence electrons. The van der Waals surface area contributed by atoms with Crippen LogP contribution >= 0.6 is 0 Å². The molecule has 0 saturated carbocycles. The summed E-state index contributed by atoms with van der Waals surface area (Å²) < 4.78 is 0. The molecule has 0 saturated heterocycles. The Morgan fingerprint density at radius 1 is 1.38 bits per heavy atom. The Bertz CT molecular complexity index is 370. The molecule has 3 N–H and O–H groups in total. The third kappa shape index (κ3) is 1.49. The summed E-state index contributed by atoms with van der Waals surface area (Å²) in [4.78, 5) is 18.5. The SMILES string of the molecule is NCc1nc2c(c(=O)[nH]1)CCCC2. The summed E-state index contributed by atoms with van der Waals surface area (Å²) in [6.45, 7) is 0.308. The Balaban J connectivity index is 2.53. The van der Waals surface area contributed by atoms with Crippen LogP contribution in [-0.2, 0) is 19.4 Å². The lowest BCUT2D eigenvalue weighted by atomic mass is 9.97. The van der Waals surface area contributed by atoms with Gasteiger partial charge in [0.15, 0.2) is 0 Å². The number of hydrogen-bond donors (Lipinski definition) is 2. The fourth-order valence-electron chi connectivity index (χ4n) is 1.75. The summed E-state index contributed by atoms with van der Waals surface area (Å²) in [5, 5.41) is 0. The second kappa shape index (κ2) is 3.30. The molecule has 0 spiro atoms. The summed E-state index contributed by atoms with van der Waals surface area (Å²) >= 11 is 0. The zero-order valence-corrected chi connectivity index (χ0v) is 7.47. The Morgan fingerprint density at radius 3 is 2.92 bits per heavy atom. The predicted molar refractivity (Wildman–Crippen MR) is 49.4 cm³/mol. The van der Waals surface area contributed by atoms with Crippen LogP contribution < -0.4 is 11.3 Å². The van der Waals surface area contributed by atoms with Crippen LogP contribution in [0.3, 0.4) is 0 Å². The number of H-pyrrole nitrogens is 1. The molecular weight excluding hydrogens is 166 g/mol. The summed E-state index contributed by atoms with van der Waals surface area (Å²) in [6.07, 6.45) is 4.02. The zero-order chi connectivity index (χ0) is 9.26. The molecule has 1 aromatic rings. The van der Waals surface area contributed by atoms with Crippen molar-refractivity contribution in [3.8, 4) is 0 Å². The van der Waals surface area contributed by atoms with E-state index in [4.69, 9.17) is 5.73 Å². The lowest BCUT2D eigenvalue weighted by molar-refractivity contribution is 0.646. The molecule has 1 aliphatic rings. The first-order chi connectivity index (χ1) is 6.31. The summed E-state index contributed by atoms with van der Waals surface area (Å²) in [5.74, 6) is 0.602. The van der Waals surface area contributed by atoms with Crippen molar-refractivity contribution in [3.63, 3.8) is 0 Å². The van der Waals surface area contributed by atoms with Gasteiger partial charge in [0.2, 0.25) is 0 Å². The molecule has 1 aromatic heterocycles. The summed E-state index contributed by atoms with van der Waals surface area (Å²) in [5.41, 5.74) is 7.24. The predicted octanol–water partition coefficient (Wildman–Crippen LogP) is 0.107. The van der Waals surface area contributed by atoms with Crippen molar-refractivity contribution in [1.82, 2.24) is 9.97 Å². The number of hydrogen-bond acceptors (Lipinski definition) is 3. The fourth-order valence-corrected chi connectivity index (χ4v) is 1.75. The Morgan fingerprint density at radius 2 is 2.15 bits per heavy atom. The highest BCUT2D eigenvalue weighted by molar-refractivity contribution is 5.20. The molecule has 1 heterocycles. The number of aromatic amines is 1. The van der Waals surface area contributed by atoms with Gasteiger partial charge in [0, 0.05) is 5.56 Å². The lowest BCUT2D eigenvalue weighted by Gasteiger charge is -2.13. The van der Waals surface area contributed by atoms with E-state index < -0.39 is 0 Å². The van der Waals surface area contributed by atoms with Crippen LogP contribution in [-0.4, -0.2) is 9.97 Å². The molecule has 0 fully saturated rings. The molecule has 4 nitrogen and oxygen atoms in total. The highest BCUT2D eigenvalue weighted by Crippen LogP contribution is 2.15. The van der Waals surface area contributed by atoms with Gasteiger partial charge in [0.1, 0.15) is 5.82 Å². The van der Waals surface area contributed by atoms with Crippen LogP contribution in [0.15, 0.2) is 4.79 Å². The summed E-state index contributed by atoms with van der Waals surface area (Å²) in [6, 6.07) is 0. The number of aryl methyl sites for hydroxylation is 1. The van der Waals surface area contributed by atoms with Gasteiger partial charge in [-0.1, -0.05) is 0 Å². The first-order valence-electron chi connectivity index (χ1n) is 4.62. The highest BCUT2D eigenvalue weighted by Gasteiger charge is 2.14. The highest BCUT2D eigenvalue weighted by atomic mass is 16.1. The van der Waals surface area contributed by atoms with Crippen LogP contribution in [0.4, 0.5) is 0 Å². The maximum Gasteiger partial charge on any atom is 0.254 e. The van der Waals surface area contributed by atoms with Crippen molar-refractivity contribution in [2.45, 2.75) is 32.2 Å². The number of aromatic nitrogens is 2. The van der Waals surface area contributed by atoms with Gasteiger partial charge < -0.3 is 10.7 Å². The normalized spacial score (nSPS) is 15.5.